The molecule has 0 radical (unpaired) electrons. The highest BCUT2D eigenvalue weighted by molar-refractivity contribution is 7.85. The van der Waals surface area contributed by atoms with Crippen molar-refractivity contribution in [2.24, 2.45) is 0 Å². The number of halogens is 2. The highest BCUT2D eigenvalue weighted by Crippen LogP contribution is 2.24. The summed E-state index contributed by atoms with van der Waals surface area (Å²) >= 11 is 10.9. The van der Waals surface area contributed by atoms with Crippen molar-refractivity contribution in [3.05, 3.63) is 28.2 Å². The van der Waals surface area contributed by atoms with Crippen molar-refractivity contribution in [2.45, 2.75) is 4.90 Å². The Hall–Kier alpha value is -0.330. The predicted molar refractivity (Wildman–Crippen MR) is 50.4 cm³/mol. The molecular formula is C6H7Cl2NO3S. The van der Waals surface area contributed by atoms with Crippen LogP contribution in [0.2, 0.25) is 10.0 Å². The van der Waals surface area contributed by atoms with Crippen LogP contribution >= 0.6 is 23.2 Å². The molecule has 0 fully saturated rings. The van der Waals surface area contributed by atoms with E-state index in [1.165, 1.54) is 12.1 Å². The van der Waals surface area contributed by atoms with Gasteiger partial charge in [-0.1, -0.05) is 23.2 Å². The normalized spacial score (nSPS) is 10.7. The van der Waals surface area contributed by atoms with Gasteiger partial charge in [0.2, 0.25) is 0 Å². The number of rotatable bonds is 1. The molecule has 0 aliphatic rings. The van der Waals surface area contributed by atoms with Gasteiger partial charge in [-0.05, 0) is 18.2 Å². The van der Waals surface area contributed by atoms with Crippen molar-refractivity contribution in [1.82, 2.24) is 6.15 Å². The van der Waals surface area contributed by atoms with Crippen LogP contribution in [0, 0.1) is 0 Å². The minimum atomic E-state index is -4.52. The topological polar surface area (TPSA) is 93.7 Å². The molecule has 0 aromatic heterocycles. The number of hydrogen-bond donors (Lipinski definition) is 1. The first-order valence-corrected chi connectivity index (χ1v) is 4.98. The second-order valence-corrected chi connectivity index (χ2v) is 4.22. The molecule has 0 aliphatic heterocycles. The number of hydrogen-bond acceptors (Lipinski definition) is 3. The standard InChI is InChI=1S/C6H4Cl2O3S.H3N/c7-4-1-2-5(8)6(3-4)12(9,10)11;/h1-3H,(H,9,10,11);1H3. The lowest BCUT2D eigenvalue weighted by Crippen LogP contribution is -1.99. The molecule has 0 heterocycles. The molecule has 7 heteroatoms. The van der Waals surface area contributed by atoms with Gasteiger partial charge in [0, 0.05) is 5.02 Å². The van der Waals surface area contributed by atoms with Gasteiger partial charge in [0.25, 0.3) is 0 Å². The Labute approximate surface area is 85.8 Å². The van der Waals surface area contributed by atoms with Gasteiger partial charge in [0.05, 0.1) is 9.92 Å². The van der Waals surface area contributed by atoms with Crippen molar-refractivity contribution in [3.63, 3.8) is 0 Å². The van der Waals surface area contributed by atoms with Gasteiger partial charge in [-0.2, -0.15) is 0 Å². The predicted octanol–water partition coefficient (Wildman–Crippen LogP) is 2.27. The molecule has 0 bridgehead atoms. The zero-order valence-corrected chi connectivity index (χ0v) is 8.95. The first-order chi connectivity index (χ1) is 5.41. The minimum absolute atomic E-state index is 0. The van der Waals surface area contributed by atoms with Crippen molar-refractivity contribution in [2.75, 3.05) is 0 Å². The first-order valence-electron chi connectivity index (χ1n) is 2.82. The van der Waals surface area contributed by atoms with Crippen LogP contribution in [0.3, 0.4) is 0 Å². The highest BCUT2D eigenvalue weighted by atomic mass is 35.5. The number of benzene rings is 1. The summed E-state index contributed by atoms with van der Waals surface area (Å²) in [6, 6.07) is 3.68. The molecule has 0 unspecified atom stereocenters. The van der Waals surface area contributed by atoms with Crippen LogP contribution < -0.4 is 6.15 Å². The molecule has 0 saturated heterocycles. The molecular weight excluding hydrogens is 237 g/mol. The van der Waals surface area contributed by atoms with Gasteiger partial charge < -0.3 is 10.7 Å². The van der Waals surface area contributed by atoms with E-state index in [-0.39, 0.29) is 16.2 Å². The molecule has 0 aliphatic carbocycles. The third-order valence-electron chi connectivity index (χ3n) is 1.16. The first kappa shape index (κ1) is 12.7. The second kappa shape index (κ2) is 4.26. The molecule has 1 aromatic rings. The summed E-state index contributed by atoms with van der Waals surface area (Å²) in [5, 5.41) is 0.0447. The Morgan fingerprint density at radius 3 is 2.15 bits per heavy atom. The summed E-state index contributed by atoms with van der Waals surface area (Å²) in [6.07, 6.45) is 0. The molecule has 4 nitrogen and oxygen atoms in total. The monoisotopic (exact) mass is 243 g/mol. The van der Waals surface area contributed by atoms with Gasteiger partial charge in [-0.25, -0.2) is 8.42 Å². The second-order valence-electron chi connectivity index (χ2n) is 2.03. The third-order valence-corrected chi connectivity index (χ3v) is 2.72. The Bertz CT molecular complexity index is 404. The van der Waals surface area contributed by atoms with Crippen LogP contribution in [0.1, 0.15) is 0 Å². The van der Waals surface area contributed by atoms with Gasteiger partial charge in [-0.15, -0.1) is 0 Å². The van der Waals surface area contributed by atoms with E-state index in [9.17, 15) is 13.0 Å². The van der Waals surface area contributed by atoms with E-state index in [0.717, 1.165) is 6.07 Å². The average Bonchev–Trinajstić information content (AvgIpc) is 1.92. The summed E-state index contributed by atoms with van der Waals surface area (Å²) in [5.74, 6) is 0. The van der Waals surface area contributed by atoms with Crippen LogP contribution in [0.25, 0.3) is 0 Å². The Kier molecular flexibility index (Phi) is 4.15. The van der Waals surface area contributed by atoms with Crippen LogP contribution in [0.15, 0.2) is 23.1 Å². The lowest BCUT2D eigenvalue weighted by Gasteiger charge is -2.08. The van der Waals surface area contributed by atoms with Crippen LogP contribution in [-0.2, 0) is 10.1 Å². The quantitative estimate of drug-likeness (QED) is 0.767. The lowest BCUT2D eigenvalue weighted by atomic mass is 10.4. The van der Waals surface area contributed by atoms with Crippen molar-refractivity contribution in [3.8, 4) is 0 Å². The van der Waals surface area contributed by atoms with Crippen LogP contribution in [0.4, 0.5) is 0 Å². The van der Waals surface area contributed by atoms with E-state index >= 15 is 0 Å². The average molecular weight is 244 g/mol. The van der Waals surface area contributed by atoms with Crippen molar-refractivity contribution in [1.29, 1.82) is 0 Å². The van der Waals surface area contributed by atoms with E-state index in [1.807, 2.05) is 0 Å². The largest absolute Gasteiger partial charge is 0.744 e. The Morgan fingerprint density at radius 2 is 1.77 bits per heavy atom. The van der Waals surface area contributed by atoms with E-state index in [2.05, 4.69) is 0 Å². The van der Waals surface area contributed by atoms with E-state index in [4.69, 9.17) is 23.2 Å². The zero-order valence-electron chi connectivity index (χ0n) is 6.62. The molecule has 13 heavy (non-hydrogen) atoms. The smallest absolute Gasteiger partial charge is 0.125 e. The van der Waals surface area contributed by atoms with E-state index in [1.54, 1.807) is 0 Å². The van der Waals surface area contributed by atoms with E-state index < -0.39 is 15.0 Å². The fourth-order valence-corrected chi connectivity index (χ4v) is 1.88. The van der Waals surface area contributed by atoms with Crippen LogP contribution in [0.5, 0.6) is 0 Å². The third kappa shape index (κ3) is 3.13. The molecule has 1 aromatic carbocycles. The Balaban J connectivity index is 0.00000144. The van der Waals surface area contributed by atoms with Gasteiger partial charge >= 0.3 is 0 Å². The summed E-state index contributed by atoms with van der Waals surface area (Å²) < 4.78 is 31.5. The summed E-state index contributed by atoms with van der Waals surface area (Å²) in [6.45, 7) is 0. The minimum Gasteiger partial charge on any atom is -0.744 e. The summed E-state index contributed by atoms with van der Waals surface area (Å²) in [4.78, 5) is -0.489. The maximum atomic E-state index is 10.5. The van der Waals surface area contributed by atoms with Crippen molar-refractivity contribution < 1.29 is 13.0 Å². The fraction of sp³-hybridized carbons (Fsp3) is 0. The van der Waals surface area contributed by atoms with E-state index in [0.29, 0.717) is 0 Å². The SMILES string of the molecule is O=S(=O)([O-])c1cc(Cl)ccc1Cl.[NH4+]. The maximum Gasteiger partial charge on any atom is 0.125 e. The molecule has 0 amide bonds. The fourth-order valence-electron chi connectivity index (χ4n) is 0.669. The highest BCUT2D eigenvalue weighted by Gasteiger charge is 2.07. The van der Waals surface area contributed by atoms with Gasteiger partial charge in [-0.3, -0.25) is 0 Å². The van der Waals surface area contributed by atoms with Crippen LogP contribution in [-0.4, -0.2) is 13.0 Å². The molecule has 1 rings (SSSR count). The zero-order chi connectivity index (χ0) is 9.35. The van der Waals surface area contributed by atoms with Crippen molar-refractivity contribution >= 4 is 33.3 Å². The molecule has 0 atom stereocenters. The van der Waals surface area contributed by atoms with Gasteiger partial charge in [0.1, 0.15) is 10.1 Å². The molecule has 4 N–H and O–H groups in total. The van der Waals surface area contributed by atoms with Gasteiger partial charge in [0.15, 0.2) is 0 Å². The lowest BCUT2D eigenvalue weighted by molar-refractivity contribution is 0.463. The summed E-state index contributed by atoms with van der Waals surface area (Å²) in [7, 11) is -4.52. The molecule has 0 spiro atoms. The Morgan fingerprint density at radius 1 is 1.23 bits per heavy atom. The maximum absolute atomic E-state index is 10.5. The summed E-state index contributed by atoms with van der Waals surface area (Å²) in [5.41, 5.74) is 0. The molecule has 74 valence electrons. The number of quaternary nitrogens is 1. The molecule has 0 saturated carbocycles.